The number of rotatable bonds is 3. The Morgan fingerprint density at radius 3 is 2.47 bits per heavy atom. The van der Waals surface area contributed by atoms with Crippen molar-refractivity contribution in [3.63, 3.8) is 0 Å². The summed E-state index contributed by atoms with van der Waals surface area (Å²) >= 11 is 1.78. The van der Waals surface area contributed by atoms with Gasteiger partial charge in [-0.2, -0.15) is 0 Å². The van der Waals surface area contributed by atoms with E-state index in [9.17, 15) is 0 Å². The van der Waals surface area contributed by atoms with Gasteiger partial charge in [-0.25, -0.2) is 0 Å². The van der Waals surface area contributed by atoms with Crippen LogP contribution in [-0.4, -0.2) is 0 Å². The van der Waals surface area contributed by atoms with Gasteiger partial charge in [0.25, 0.3) is 0 Å². The molecular formula is C15H17NS. The molecule has 17 heavy (non-hydrogen) atoms. The average Bonchev–Trinajstić information content (AvgIpc) is 2.34. The molecule has 2 N–H and O–H groups in total. The van der Waals surface area contributed by atoms with Gasteiger partial charge in [0, 0.05) is 16.3 Å². The molecule has 0 bridgehead atoms. The van der Waals surface area contributed by atoms with Gasteiger partial charge < -0.3 is 5.73 Å². The highest BCUT2D eigenvalue weighted by atomic mass is 32.2. The fourth-order valence-electron chi connectivity index (χ4n) is 1.68. The zero-order valence-corrected chi connectivity index (χ0v) is 11.1. The van der Waals surface area contributed by atoms with Gasteiger partial charge >= 0.3 is 0 Å². The van der Waals surface area contributed by atoms with E-state index in [4.69, 9.17) is 5.73 Å². The van der Waals surface area contributed by atoms with Gasteiger partial charge in [0.1, 0.15) is 0 Å². The van der Waals surface area contributed by atoms with Crippen LogP contribution >= 0.6 is 11.8 Å². The third kappa shape index (κ3) is 2.90. The molecule has 2 aromatic rings. The fourth-order valence-corrected chi connectivity index (χ4v) is 2.73. The molecule has 0 spiro atoms. The normalized spacial score (nSPS) is 10.5. The van der Waals surface area contributed by atoms with Gasteiger partial charge in [0.15, 0.2) is 0 Å². The molecule has 0 aliphatic carbocycles. The topological polar surface area (TPSA) is 26.0 Å². The van der Waals surface area contributed by atoms with Gasteiger partial charge in [-0.3, -0.25) is 0 Å². The first-order valence-electron chi connectivity index (χ1n) is 5.74. The first kappa shape index (κ1) is 12.2. The monoisotopic (exact) mass is 243 g/mol. The molecule has 0 aliphatic rings. The molecule has 2 heteroatoms. The van der Waals surface area contributed by atoms with Crippen LogP contribution in [0.1, 0.15) is 16.7 Å². The zero-order chi connectivity index (χ0) is 12.3. The maximum absolute atomic E-state index is 5.74. The molecule has 0 fully saturated rings. The average molecular weight is 243 g/mol. The molecule has 88 valence electrons. The Bertz CT molecular complexity index is 520. The van der Waals surface area contributed by atoms with Crippen molar-refractivity contribution in [3.05, 3.63) is 59.2 Å². The highest BCUT2D eigenvalue weighted by Crippen LogP contribution is 2.31. The molecule has 0 amide bonds. The molecule has 2 aromatic carbocycles. The van der Waals surface area contributed by atoms with Crippen LogP contribution in [0.5, 0.6) is 0 Å². The van der Waals surface area contributed by atoms with Crippen LogP contribution in [0.25, 0.3) is 0 Å². The highest BCUT2D eigenvalue weighted by molar-refractivity contribution is 7.99. The van der Waals surface area contributed by atoms with Gasteiger partial charge in [0.2, 0.25) is 0 Å². The maximum Gasteiger partial charge on any atom is 0.0189 e. The minimum absolute atomic E-state index is 0.591. The minimum Gasteiger partial charge on any atom is -0.326 e. The number of benzene rings is 2. The van der Waals surface area contributed by atoms with Crippen molar-refractivity contribution in [1.82, 2.24) is 0 Å². The van der Waals surface area contributed by atoms with E-state index in [2.05, 4.69) is 50.2 Å². The molecule has 1 nitrogen and oxygen atoms in total. The summed E-state index contributed by atoms with van der Waals surface area (Å²) in [5, 5.41) is 0. The van der Waals surface area contributed by atoms with Crippen molar-refractivity contribution in [2.24, 2.45) is 5.73 Å². The maximum atomic E-state index is 5.74. The van der Waals surface area contributed by atoms with Crippen molar-refractivity contribution in [3.8, 4) is 0 Å². The summed E-state index contributed by atoms with van der Waals surface area (Å²) in [6, 6.07) is 14.9. The summed E-state index contributed by atoms with van der Waals surface area (Å²) in [6.07, 6.45) is 0. The number of nitrogens with two attached hydrogens (primary N) is 1. The fraction of sp³-hybridized carbons (Fsp3) is 0.200. The van der Waals surface area contributed by atoms with Crippen LogP contribution in [0.2, 0.25) is 0 Å². The van der Waals surface area contributed by atoms with E-state index in [0.717, 1.165) is 0 Å². The second kappa shape index (κ2) is 5.39. The highest BCUT2D eigenvalue weighted by Gasteiger charge is 2.03. The van der Waals surface area contributed by atoms with Crippen molar-refractivity contribution in [1.29, 1.82) is 0 Å². The molecule has 0 unspecified atom stereocenters. The van der Waals surface area contributed by atoms with Gasteiger partial charge in [-0.1, -0.05) is 36.0 Å². The van der Waals surface area contributed by atoms with E-state index in [1.165, 1.54) is 26.5 Å². The molecule has 0 aliphatic heterocycles. The largest absolute Gasteiger partial charge is 0.326 e. The van der Waals surface area contributed by atoms with E-state index in [1.807, 2.05) is 6.07 Å². The Kier molecular flexibility index (Phi) is 3.87. The lowest BCUT2D eigenvalue weighted by atomic mass is 10.1. The van der Waals surface area contributed by atoms with Crippen molar-refractivity contribution >= 4 is 11.8 Å². The summed E-state index contributed by atoms with van der Waals surface area (Å²) in [6.45, 7) is 4.87. The van der Waals surface area contributed by atoms with E-state index >= 15 is 0 Å². The van der Waals surface area contributed by atoms with Crippen molar-refractivity contribution in [2.45, 2.75) is 30.2 Å². The smallest absolute Gasteiger partial charge is 0.0189 e. The predicted molar refractivity (Wildman–Crippen MR) is 74.4 cm³/mol. The molecule has 0 aromatic heterocycles. The van der Waals surface area contributed by atoms with Crippen molar-refractivity contribution < 1.29 is 0 Å². The lowest BCUT2D eigenvalue weighted by Crippen LogP contribution is -1.97. The van der Waals surface area contributed by atoms with Crippen LogP contribution in [0.3, 0.4) is 0 Å². The SMILES string of the molecule is Cc1ccc(Sc2ccccc2CN)cc1C. The van der Waals surface area contributed by atoms with Crippen LogP contribution in [-0.2, 0) is 6.54 Å². The Hall–Kier alpha value is -1.25. The zero-order valence-electron chi connectivity index (χ0n) is 10.2. The minimum atomic E-state index is 0.591. The van der Waals surface area contributed by atoms with E-state index in [-0.39, 0.29) is 0 Å². The summed E-state index contributed by atoms with van der Waals surface area (Å²) < 4.78 is 0. The van der Waals surface area contributed by atoms with E-state index < -0.39 is 0 Å². The van der Waals surface area contributed by atoms with Gasteiger partial charge in [0.05, 0.1) is 0 Å². The van der Waals surface area contributed by atoms with E-state index in [0.29, 0.717) is 6.54 Å². The molecule has 0 atom stereocenters. The third-order valence-electron chi connectivity index (χ3n) is 2.90. The Balaban J connectivity index is 2.28. The predicted octanol–water partition coefficient (Wildman–Crippen LogP) is 3.91. The second-order valence-electron chi connectivity index (χ2n) is 4.16. The summed E-state index contributed by atoms with van der Waals surface area (Å²) in [7, 11) is 0. The number of aryl methyl sites for hydroxylation is 2. The lowest BCUT2D eigenvalue weighted by Gasteiger charge is -2.08. The summed E-state index contributed by atoms with van der Waals surface area (Å²) in [5.41, 5.74) is 9.62. The van der Waals surface area contributed by atoms with Gasteiger partial charge in [-0.05, 0) is 48.7 Å². The number of hydrogen-bond acceptors (Lipinski definition) is 2. The summed E-state index contributed by atoms with van der Waals surface area (Å²) in [5.74, 6) is 0. The standard InChI is InChI=1S/C15H17NS/c1-11-7-8-14(9-12(11)2)17-15-6-4-3-5-13(15)10-16/h3-9H,10,16H2,1-2H3. The molecule has 2 rings (SSSR count). The third-order valence-corrected chi connectivity index (χ3v) is 4.01. The second-order valence-corrected chi connectivity index (χ2v) is 5.28. The molecular weight excluding hydrogens is 226 g/mol. The van der Waals surface area contributed by atoms with Crippen LogP contribution in [0.4, 0.5) is 0 Å². The van der Waals surface area contributed by atoms with Crippen molar-refractivity contribution in [2.75, 3.05) is 0 Å². The Labute approximate surface area is 107 Å². The first-order valence-corrected chi connectivity index (χ1v) is 6.55. The Morgan fingerprint density at radius 2 is 1.76 bits per heavy atom. The quantitative estimate of drug-likeness (QED) is 0.884. The van der Waals surface area contributed by atoms with E-state index in [1.54, 1.807) is 11.8 Å². The van der Waals surface area contributed by atoms with Crippen LogP contribution in [0, 0.1) is 13.8 Å². The van der Waals surface area contributed by atoms with Crippen LogP contribution < -0.4 is 5.73 Å². The molecule has 0 saturated carbocycles. The van der Waals surface area contributed by atoms with Crippen LogP contribution in [0.15, 0.2) is 52.3 Å². The lowest BCUT2D eigenvalue weighted by molar-refractivity contribution is 1.03. The van der Waals surface area contributed by atoms with Gasteiger partial charge in [-0.15, -0.1) is 0 Å². The molecule has 0 heterocycles. The first-order chi connectivity index (χ1) is 8.20. The summed E-state index contributed by atoms with van der Waals surface area (Å²) in [4.78, 5) is 2.52. The number of hydrogen-bond donors (Lipinski definition) is 1. The molecule has 0 radical (unpaired) electrons. The Morgan fingerprint density at radius 1 is 1.00 bits per heavy atom. The molecule has 0 saturated heterocycles.